The first-order valence-electron chi connectivity index (χ1n) is 13.0. The molecule has 0 atom stereocenters. The molecule has 0 bridgehead atoms. The van der Waals surface area contributed by atoms with Gasteiger partial charge < -0.3 is 0 Å². The molecule has 184 valence electrons. The minimum atomic E-state index is 1.10. The molecule has 0 N–H and O–H groups in total. The maximum atomic E-state index is 4.26. The number of hydrogen-bond acceptors (Lipinski definition) is 0. The molecule has 0 fully saturated rings. The molecule has 0 aliphatic rings. The van der Waals surface area contributed by atoms with Gasteiger partial charge in [0, 0.05) is 0 Å². The van der Waals surface area contributed by atoms with Gasteiger partial charge in [0.25, 0.3) is 0 Å². The molecule has 0 aliphatic heterocycles. The summed E-state index contributed by atoms with van der Waals surface area (Å²) >= 11 is 0. The zero-order valence-corrected chi connectivity index (χ0v) is 22.2. The first kappa shape index (κ1) is 25.0. The summed E-state index contributed by atoms with van der Waals surface area (Å²) in [4.78, 5) is 0. The van der Waals surface area contributed by atoms with E-state index < -0.39 is 0 Å². The Balaban J connectivity index is 1.81. The van der Waals surface area contributed by atoms with Crippen LogP contribution in [0.25, 0.3) is 61.5 Å². The SMILES string of the molecule is C=C/C=C(\C=C/C)c1ccc(-c2c(C=C)c(C=C)c(-c3ccc4ccccc4c3)c3ccc(C)cc23)cc1. The topological polar surface area (TPSA) is 0 Å². The Morgan fingerprint density at radius 1 is 0.658 bits per heavy atom. The Morgan fingerprint density at radius 2 is 1.32 bits per heavy atom. The Hall–Kier alpha value is -4.68. The molecular weight excluding hydrogens is 456 g/mol. The van der Waals surface area contributed by atoms with Crippen molar-refractivity contribution in [1.82, 2.24) is 0 Å². The van der Waals surface area contributed by atoms with E-state index in [1.165, 1.54) is 43.8 Å². The lowest BCUT2D eigenvalue weighted by atomic mass is 9.82. The maximum absolute atomic E-state index is 4.26. The summed E-state index contributed by atoms with van der Waals surface area (Å²) in [5.41, 5.74) is 10.4. The van der Waals surface area contributed by atoms with Gasteiger partial charge in [-0.3, -0.25) is 0 Å². The van der Waals surface area contributed by atoms with E-state index >= 15 is 0 Å². The Kier molecular flexibility index (Phi) is 7.07. The summed E-state index contributed by atoms with van der Waals surface area (Å²) in [6, 6.07) is 30.8. The molecule has 0 spiro atoms. The Bertz CT molecular complexity index is 1750. The van der Waals surface area contributed by atoms with E-state index in [0.717, 1.165) is 27.8 Å². The van der Waals surface area contributed by atoms with Crippen LogP contribution in [-0.4, -0.2) is 0 Å². The second-order valence-electron chi connectivity index (χ2n) is 9.53. The van der Waals surface area contributed by atoms with E-state index in [-0.39, 0.29) is 0 Å². The van der Waals surface area contributed by atoms with Crippen LogP contribution in [0.2, 0.25) is 0 Å². The van der Waals surface area contributed by atoms with Crippen LogP contribution in [0.3, 0.4) is 0 Å². The highest BCUT2D eigenvalue weighted by molar-refractivity contribution is 6.12. The van der Waals surface area contributed by atoms with Crippen molar-refractivity contribution in [2.24, 2.45) is 0 Å². The van der Waals surface area contributed by atoms with Gasteiger partial charge in [-0.15, -0.1) is 0 Å². The fraction of sp³-hybridized carbons (Fsp3) is 0.0526. The highest BCUT2D eigenvalue weighted by atomic mass is 14.2. The average molecular weight is 489 g/mol. The molecule has 0 radical (unpaired) electrons. The van der Waals surface area contributed by atoms with Gasteiger partial charge in [-0.1, -0.05) is 141 Å². The number of aryl methyl sites for hydroxylation is 1. The van der Waals surface area contributed by atoms with Crippen LogP contribution in [0.15, 0.2) is 129 Å². The van der Waals surface area contributed by atoms with E-state index in [2.05, 4.69) is 124 Å². The second kappa shape index (κ2) is 10.7. The normalized spacial score (nSPS) is 11.8. The Labute approximate surface area is 226 Å². The molecule has 0 nitrogen and oxygen atoms in total. The molecule has 5 rings (SSSR count). The summed E-state index contributed by atoms with van der Waals surface area (Å²) in [5, 5.41) is 4.90. The van der Waals surface area contributed by atoms with Crippen molar-refractivity contribution in [3.05, 3.63) is 151 Å². The van der Waals surface area contributed by atoms with E-state index in [1.807, 2.05) is 31.2 Å². The molecule has 0 aliphatic carbocycles. The lowest BCUT2D eigenvalue weighted by Gasteiger charge is -2.21. The molecule has 0 heteroatoms. The lowest BCUT2D eigenvalue weighted by molar-refractivity contribution is 1.49. The first-order valence-corrected chi connectivity index (χ1v) is 13.0. The van der Waals surface area contributed by atoms with Crippen LogP contribution in [0.4, 0.5) is 0 Å². The third kappa shape index (κ3) is 4.46. The van der Waals surface area contributed by atoms with Crippen LogP contribution in [-0.2, 0) is 0 Å². The molecule has 0 saturated heterocycles. The molecule has 5 aromatic rings. The van der Waals surface area contributed by atoms with Gasteiger partial charge in [0.15, 0.2) is 0 Å². The van der Waals surface area contributed by atoms with Crippen molar-refractivity contribution in [3.63, 3.8) is 0 Å². The molecule has 0 saturated carbocycles. The maximum Gasteiger partial charge on any atom is -0.00264 e. The zero-order chi connectivity index (χ0) is 26.6. The van der Waals surface area contributed by atoms with Crippen LogP contribution < -0.4 is 0 Å². The molecule has 38 heavy (non-hydrogen) atoms. The fourth-order valence-corrected chi connectivity index (χ4v) is 5.42. The van der Waals surface area contributed by atoms with Crippen molar-refractivity contribution in [2.75, 3.05) is 0 Å². The van der Waals surface area contributed by atoms with Crippen LogP contribution in [0.1, 0.15) is 29.2 Å². The minimum Gasteiger partial charge on any atom is -0.0990 e. The third-order valence-electron chi connectivity index (χ3n) is 7.14. The van der Waals surface area contributed by atoms with Gasteiger partial charge in [0.1, 0.15) is 0 Å². The van der Waals surface area contributed by atoms with Gasteiger partial charge in [-0.25, -0.2) is 0 Å². The van der Waals surface area contributed by atoms with Gasteiger partial charge in [-0.05, 0) is 86.0 Å². The van der Waals surface area contributed by atoms with Gasteiger partial charge in [0.2, 0.25) is 0 Å². The molecular formula is C38H32. The summed E-state index contributed by atoms with van der Waals surface area (Å²) < 4.78 is 0. The summed E-state index contributed by atoms with van der Waals surface area (Å²) in [6.07, 6.45) is 12.0. The highest BCUT2D eigenvalue weighted by Gasteiger charge is 2.19. The van der Waals surface area contributed by atoms with Crippen molar-refractivity contribution in [1.29, 1.82) is 0 Å². The Morgan fingerprint density at radius 3 is 1.97 bits per heavy atom. The van der Waals surface area contributed by atoms with Gasteiger partial charge in [0.05, 0.1) is 0 Å². The molecule has 0 amide bonds. The van der Waals surface area contributed by atoms with Crippen LogP contribution in [0.5, 0.6) is 0 Å². The third-order valence-corrected chi connectivity index (χ3v) is 7.14. The predicted molar refractivity (Wildman–Crippen MR) is 170 cm³/mol. The molecule has 0 aromatic heterocycles. The quantitative estimate of drug-likeness (QED) is 0.200. The smallest absolute Gasteiger partial charge is 0.00264 e. The zero-order valence-electron chi connectivity index (χ0n) is 22.2. The van der Waals surface area contributed by atoms with E-state index in [0.29, 0.717) is 0 Å². The number of rotatable bonds is 7. The highest BCUT2D eigenvalue weighted by Crippen LogP contribution is 2.44. The summed E-state index contributed by atoms with van der Waals surface area (Å²) in [7, 11) is 0. The number of benzene rings is 5. The summed E-state index contributed by atoms with van der Waals surface area (Å²) in [6.45, 7) is 16.6. The number of fused-ring (bicyclic) bond motifs is 2. The monoisotopic (exact) mass is 488 g/mol. The van der Waals surface area contributed by atoms with E-state index in [1.54, 1.807) is 0 Å². The van der Waals surface area contributed by atoms with E-state index in [4.69, 9.17) is 0 Å². The van der Waals surface area contributed by atoms with Gasteiger partial charge >= 0.3 is 0 Å². The van der Waals surface area contributed by atoms with E-state index in [9.17, 15) is 0 Å². The first-order chi connectivity index (χ1) is 18.6. The summed E-state index contributed by atoms with van der Waals surface area (Å²) in [5.74, 6) is 0. The van der Waals surface area contributed by atoms with Crippen LogP contribution >= 0.6 is 0 Å². The molecule has 0 unspecified atom stereocenters. The predicted octanol–water partition coefficient (Wildman–Crippen LogP) is 11.1. The van der Waals surface area contributed by atoms with Crippen molar-refractivity contribution in [3.8, 4) is 22.3 Å². The van der Waals surface area contributed by atoms with Crippen LogP contribution in [0, 0.1) is 6.92 Å². The van der Waals surface area contributed by atoms with Crippen molar-refractivity contribution in [2.45, 2.75) is 13.8 Å². The standard InChI is InChI=1S/C38H32/c1-6-12-27(13-7-2)29-17-20-30(21-18-29)37-33(8-3)34(9-4)38(35-23-16-26(5)24-36(35)37)32-22-19-28-14-10-11-15-31(28)25-32/h6-25H,1,3-4H2,2,5H3/b13-7-,27-12+. The molecule has 5 aromatic carbocycles. The minimum absolute atomic E-state index is 1.10. The number of allylic oxidation sites excluding steroid dienone is 5. The van der Waals surface area contributed by atoms with Crippen molar-refractivity contribution < 1.29 is 0 Å². The fourth-order valence-electron chi connectivity index (χ4n) is 5.42. The lowest BCUT2D eigenvalue weighted by Crippen LogP contribution is -1.97. The average Bonchev–Trinajstić information content (AvgIpc) is 2.95. The molecule has 0 heterocycles. The second-order valence-corrected chi connectivity index (χ2v) is 9.53. The largest absolute Gasteiger partial charge is 0.0990 e. The van der Waals surface area contributed by atoms with Gasteiger partial charge in [-0.2, -0.15) is 0 Å². The number of hydrogen-bond donors (Lipinski definition) is 0. The van der Waals surface area contributed by atoms with Crippen molar-refractivity contribution >= 4 is 39.3 Å².